The molecule has 0 aliphatic rings. The van der Waals surface area contributed by atoms with E-state index in [9.17, 15) is 14.4 Å². The van der Waals surface area contributed by atoms with Crippen LogP contribution < -0.4 is 0 Å². The molecule has 23 heavy (non-hydrogen) atoms. The summed E-state index contributed by atoms with van der Waals surface area (Å²) in [6, 6.07) is 6.55. The molecule has 6 nitrogen and oxygen atoms in total. The first-order chi connectivity index (χ1) is 10.9. The maximum Gasteiger partial charge on any atom is 0.337 e. The van der Waals surface area contributed by atoms with Gasteiger partial charge in [0.1, 0.15) is 0 Å². The molecule has 0 unspecified atom stereocenters. The second kappa shape index (κ2) is 8.31. The summed E-state index contributed by atoms with van der Waals surface area (Å²) < 4.78 is 14.3. The highest BCUT2D eigenvalue weighted by Gasteiger charge is 2.47. The largest absolute Gasteiger partial charge is 0.468 e. The molecule has 0 aliphatic heterocycles. The van der Waals surface area contributed by atoms with Crippen molar-refractivity contribution in [3.8, 4) is 0 Å². The zero-order valence-corrected chi connectivity index (χ0v) is 13.9. The van der Waals surface area contributed by atoms with Crippen LogP contribution in [0.1, 0.15) is 35.7 Å². The fourth-order valence-corrected chi connectivity index (χ4v) is 2.56. The number of hydrogen-bond donors (Lipinski definition) is 0. The highest BCUT2D eigenvalue weighted by molar-refractivity contribution is 6.00. The zero-order chi connectivity index (χ0) is 17.5. The lowest BCUT2D eigenvalue weighted by molar-refractivity contribution is -0.169. The molecule has 0 aromatic heterocycles. The van der Waals surface area contributed by atoms with Crippen molar-refractivity contribution in [2.75, 3.05) is 21.3 Å². The highest BCUT2D eigenvalue weighted by Crippen LogP contribution is 2.32. The van der Waals surface area contributed by atoms with Gasteiger partial charge in [-0.2, -0.15) is 0 Å². The van der Waals surface area contributed by atoms with Crippen molar-refractivity contribution in [3.63, 3.8) is 0 Å². The van der Waals surface area contributed by atoms with Crippen LogP contribution in [0.3, 0.4) is 0 Å². The van der Waals surface area contributed by atoms with Crippen LogP contribution in [0.15, 0.2) is 24.3 Å². The van der Waals surface area contributed by atoms with E-state index in [2.05, 4.69) is 4.74 Å². The van der Waals surface area contributed by atoms with E-state index in [1.807, 2.05) is 6.92 Å². The van der Waals surface area contributed by atoms with Crippen molar-refractivity contribution in [2.45, 2.75) is 26.2 Å². The Morgan fingerprint density at radius 3 is 1.83 bits per heavy atom. The summed E-state index contributed by atoms with van der Waals surface area (Å²) in [5.41, 5.74) is -0.263. The van der Waals surface area contributed by atoms with Crippen molar-refractivity contribution in [3.05, 3.63) is 35.4 Å². The second-order valence-electron chi connectivity index (χ2n) is 5.18. The van der Waals surface area contributed by atoms with Gasteiger partial charge in [-0.05, 0) is 30.5 Å². The maximum absolute atomic E-state index is 12.3. The highest BCUT2D eigenvalue weighted by atomic mass is 16.5. The van der Waals surface area contributed by atoms with Crippen LogP contribution in [0.25, 0.3) is 0 Å². The lowest BCUT2D eigenvalue weighted by Gasteiger charge is -2.28. The Hall–Kier alpha value is -2.37. The monoisotopic (exact) mass is 322 g/mol. The quantitative estimate of drug-likeness (QED) is 0.435. The Labute approximate surface area is 135 Å². The van der Waals surface area contributed by atoms with Crippen LogP contribution >= 0.6 is 0 Å². The van der Waals surface area contributed by atoms with E-state index in [0.717, 1.165) is 5.56 Å². The molecule has 1 aromatic rings. The van der Waals surface area contributed by atoms with Gasteiger partial charge in [-0.25, -0.2) is 4.79 Å². The average molecular weight is 322 g/mol. The molecular formula is C17H22O6. The van der Waals surface area contributed by atoms with Crippen molar-refractivity contribution >= 4 is 17.9 Å². The Morgan fingerprint density at radius 2 is 1.43 bits per heavy atom. The van der Waals surface area contributed by atoms with Gasteiger partial charge in [-0.15, -0.1) is 0 Å². The maximum atomic E-state index is 12.3. The number of carbonyl (C=O) groups excluding carboxylic acids is 3. The van der Waals surface area contributed by atoms with E-state index in [1.54, 1.807) is 24.3 Å². The molecule has 0 heterocycles. The van der Waals surface area contributed by atoms with Crippen LogP contribution in [0.5, 0.6) is 0 Å². The summed E-state index contributed by atoms with van der Waals surface area (Å²) in [6.07, 6.45) is 1.07. The van der Waals surface area contributed by atoms with Crippen LogP contribution in [-0.4, -0.2) is 39.2 Å². The van der Waals surface area contributed by atoms with Crippen molar-refractivity contribution in [1.29, 1.82) is 0 Å². The van der Waals surface area contributed by atoms with Gasteiger partial charge in [0.05, 0.1) is 26.9 Å². The molecule has 0 aliphatic carbocycles. The Bertz CT molecular complexity index is 545. The summed E-state index contributed by atoms with van der Waals surface area (Å²) in [4.78, 5) is 36.0. The fraction of sp³-hybridized carbons (Fsp3) is 0.471. The van der Waals surface area contributed by atoms with Gasteiger partial charge in [0.2, 0.25) is 0 Å². The zero-order valence-electron chi connectivity index (χ0n) is 13.9. The summed E-state index contributed by atoms with van der Waals surface area (Å²) in [7, 11) is 3.79. The predicted molar refractivity (Wildman–Crippen MR) is 82.9 cm³/mol. The molecule has 6 heteroatoms. The Balaban J connectivity index is 3.16. The first-order valence-electron chi connectivity index (χ1n) is 7.29. The molecule has 0 spiro atoms. The van der Waals surface area contributed by atoms with Crippen molar-refractivity contribution in [2.24, 2.45) is 5.41 Å². The first-order valence-corrected chi connectivity index (χ1v) is 7.29. The molecule has 0 atom stereocenters. The SMILES string of the molecule is CCCC(Cc1ccc(C(=O)OC)cc1)(C(=O)OC)C(=O)OC. The van der Waals surface area contributed by atoms with Crippen LogP contribution in [0.2, 0.25) is 0 Å². The van der Waals surface area contributed by atoms with Gasteiger partial charge >= 0.3 is 17.9 Å². The normalized spacial score (nSPS) is 10.8. The van der Waals surface area contributed by atoms with Gasteiger partial charge in [0, 0.05) is 0 Å². The Morgan fingerprint density at radius 1 is 0.913 bits per heavy atom. The van der Waals surface area contributed by atoms with Gasteiger partial charge in [-0.3, -0.25) is 9.59 Å². The lowest BCUT2D eigenvalue weighted by Crippen LogP contribution is -2.43. The third-order valence-corrected chi connectivity index (χ3v) is 3.71. The molecular weight excluding hydrogens is 300 g/mol. The number of ether oxygens (including phenoxy) is 3. The molecule has 1 aromatic carbocycles. The van der Waals surface area contributed by atoms with Gasteiger partial charge in [0.25, 0.3) is 0 Å². The predicted octanol–water partition coefficient (Wildman–Crippen LogP) is 2.15. The molecule has 0 saturated heterocycles. The van der Waals surface area contributed by atoms with Crippen molar-refractivity contribution in [1.82, 2.24) is 0 Å². The van der Waals surface area contributed by atoms with E-state index in [1.165, 1.54) is 21.3 Å². The molecule has 0 bridgehead atoms. The minimum atomic E-state index is -1.38. The smallest absolute Gasteiger partial charge is 0.337 e. The van der Waals surface area contributed by atoms with Crippen LogP contribution in [-0.2, 0) is 30.2 Å². The molecule has 126 valence electrons. The molecule has 1 rings (SSSR count). The molecule has 0 N–H and O–H groups in total. The summed E-state index contributed by atoms with van der Waals surface area (Å²) >= 11 is 0. The minimum absolute atomic E-state index is 0.141. The van der Waals surface area contributed by atoms with E-state index in [4.69, 9.17) is 9.47 Å². The number of hydrogen-bond acceptors (Lipinski definition) is 6. The summed E-state index contributed by atoms with van der Waals surface area (Å²) in [6.45, 7) is 1.88. The van der Waals surface area contributed by atoms with Gasteiger partial charge < -0.3 is 14.2 Å². The summed E-state index contributed by atoms with van der Waals surface area (Å²) in [5, 5.41) is 0. The van der Waals surface area contributed by atoms with Crippen LogP contribution in [0, 0.1) is 5.41 Å². The molecule has 0 saturated carbocycles. The molecule has 0 fully saturated rings. The number of carbonyl (C=O) groups is 3. The average Bonchev–Trinajstić information content (AvgIpc) is 2.59. The lowest BCUT2D eigenvalue weighted by atomic mass is 9.77. The number of methoxy groups -OCH3 is 3. The first kappa shape index (κ1) is 18.7. The third kappa shape index (κ3) is 4.09. The fourth-order valence-electron chi connectivity index (χ4n) is 2.56. The standard InChI is InChI=1S/C17H22O6/c1-5-10-17(15(19)22-3,16(20)23-4)11-12-6-8-13(9-7-12)14(18)21-2/h6-9H,5,10-11H2,1-4H3. The minimum Gasteiger partial charge on any atom is -0.468 e. The van der Waals surface area contributed by atoms with E-state index >= 15 is 0 Å². The topological polar surface area (TPSA) is 78.9 Å². The number of benzene rings is 1. The Kier molecular flexibility index (Phi) is 6.75. The molecule has 0 amide bonds. The summed E-state index contributed by atoms with van der Waals surface area (Å²) in [5.74, 6) is -1.69. The van der Waals surface area contributed by atoms with Gasteiger partial charge in [0.15, 0.2) is 5.41 Å². The number of rotatable bonds is 7. The van der Waals surface area contributed by atoms with Crippen molar-refractivity contribution < 1.29 is 28.6 Å². The van der Waals surface area contributed by atoms with E-state index in [0.29, 0.717) is 18.4 Å². The van der Waals surface area contributed by atoms with Gasteiger partial charge in [-0.1, -0.05) is 25.5 Å². The van der Waals surface area contributed by atoms with E-state index < -0.39 is 23.3 Å². The number of esters is 3. The van der Waals surface area contributed by atoms with E-state index in [-0.39, 0.29) is 6.42 Å². The second-order valence-corrected chi connectivity index (χ2v) is 5.18. The van der Waals surface area contributed by atoms with Crippen LogP contribution in [0.4, 0.5) is 0 Å². The third-order valence-electron chi connectivity index (χ3n) is 3.71. The molecule has 0 radical (unpaired) electrons.